The van der Waals surface area contributed by atoms with Crippen molar-refractivity contribution in [2.24, 2.45) is 0 Å². The third-order valence-corrected chi connectivity index (χ3v) is 7.94. The highest BCUT2D eigenvalue weighted by Gasteiger charge is 2.27. The molecule has 0 bridgehead atoms. The van der Waals surface area contributed by atoms with Crippen molar-refractivity contribution in [1.82, 2.24) is 4.98 Å². The Bertz CT molecular complexity index is 1350. The van der Waals surface area contributed by atoms with E-state index >= 15 is 0 Å². The Balaban J connectivity index is 1.71. The largest absolute Gasteiger partial charge is 0.283 e. The summed E-state index contributed by atoms with van der Waals surface area (Å²) in [4.78, 5) is 19.7. The Kier molecular flexibility index (Phi) is 6.39. The van der Waals surface area contributed by atoms with Gasteiger partial charge in [0, 0.05) is 0 Å². The number of sulfone groups is 1. The second kappa shape index (κ2) is 9.22. The molecule has 0 saturated carbocycles. The van der Waals surface area contributed by atoms with Crippen molar-refractivity contribution in [3.05, 3.63) is 89.5 Å². The minimum Gasteiger partial charge on any atom is -0.283 e. The molecule has 0 aliphatic rings. The van der Waals surface area contributed by atoms with Crippen molar-refractivity contribution >= 4 is 42.4 Å². The van der Waals surface area contributed by atoms with Crippen LogP contribution < -0.4 is 4.90 Å². The summed E-state index contributed by atoms with van der Waals surface area (Å²) >= 11 is 1.41. The van der Waals surface area contributed by atoms with Crippen molar-refractivity contribution in [3.8, 4) is 0 Å². The maximum absolute atomic E-state index is 13.3. The number of rotatable bonds is 7. The fourth-order valence-electron chi connectivity index (χ4n) is 3.49. The third kappa shape index (κ3) is 4.74. The van der Waals surface area contributed by atoms with E-state index in [2.05, 4.69) is 6.92 Å². The number of hydrogen-bond acceptors (Lipinski definition) is 5. The molecule has 0 aliphatic carbocycles. The van der Waals surface area contributed by atoms with Crippen LogP contribution in [0.1, 0.15) is 23.6 Å². The number of carbonyl (C=O) groups excluding carboxylic acids is 1. The van der Waals surface area contributed by atoms with Gasteiger partial charge in [0.2, 0.25) is 5.91 Å². The van der Waals surface area contributed by atoms with Gasteiger partial charge in [0.25, 0.3) is 0 Å². The fourth-order valence-corrected chi connectivity index (χ4v) is 5.72. The minimum atomic E-state index is -3.78. The monoisotopic (exact) mass is 464 g/mol. The zero-order chi connectivity index (χ0) is 22.7. The number of thiazole rings is 1. The highest BCUT2D eigenvalue weighted by atomic mass is 32.2. The van der Waals surface area contributed by atoms with Gasteiger partial charge < -0.3 is 0 Å². The van der Waals surface area contributed by atoms with Crippen LogP contribution in [0.5, 0.6) is 0 Å². The molecule has 0 saturated heterocycles. The van der Waals surface area contributed by atoms with E-state index in [0.717, 1.165) is 33.3 Å². The first-order valence-electron chi connectivity index (χ1n) is 10.4. The van der Waals surface area contributed by atoms with E-state index in [1.807, 2.05) is 55.5 Å². The van der Waals surface area contributed by atoms with Crippen LogP contribution in [-0.2, 0) is 27.6 Å². The van der Waals surface area contributed by atoms with E-state index in [0.29, 0.717) is 5.13 Å². The van der Waals surface area contributed by atoms with Gasteiger partial charge >= 0.3 is 0 Å². The van der Waals surface area contributed by atoms with Crippen LogP contribution in [0.3, 0.4) is 0 Å². The number of carbonyl (C=O) groups is 1. The molecule has 1 amide bonds. The van der Waals surface area contributed by atoms with Gasteiger partial charge in [-0.1, -0.05) is 78.4 Å². The van der Waals surface area contributed by atoms with E-state index in [9.17, 15) is 13.2 Å². The predicted molar refractivity (Wildman–Crippen MR) is 130 cm³/mol. The van der Waals surface area contributed by atoms with E-state index in [-0.39, 0.29) is 11.4 Å². The molecular formula is C25H24N2O3S2. The first-order valence-corrected chi connectivity index (χ1v) is 12.9. The maximum atomic E-state index is 13.3. The molecule has 5 nitrogen and oxygen atoms in total. The van der Waals surface area contributed by atoms with Gasteiger partial charge in [-0.15, -0.1) is 0 Å². The Morgan fingerprint density at radius 2 is 1.69 bits per heavy atom. The van der Waals surface area contributed by atoms with E-state index in [4.69, 9.17) is 4.98 Å². The van der Waals surface area contributed by atoms with Crippen molar-refractivity contribution in [2.75, 3.05) is 10.7 Å². The lowest BCUT2D eigenvalue weighted by Crippen LogP contribution is -2.35. The van der Waals surface area contributed by atoms with Crippen molar-refractivity contribution in [1.29, 1.82) is 0 Å². The summed E-state index contributed by atoms with van der Waals surface area (Å²) in [7, 11) is -3.78. The fraction of sp³-hybridized carbons (Fsp3) is 0.200. The van der Waals surface area contributed by atoms with Gasteiger partial charge in [-0.3, -0.25) is 9.69 Å². The van der Waals surface area contributed by atoms with Gasteiger partial charge in [-0.25, -0.2) is 13.4 Å². The lowest BCUT2D eigenvalue weighted by molar-refractivity contribution is -0.116. The molecule has 0 radical (unpaired) electrons. The number of hydrogen-bond donors (Lipinski definition) is 0. The molecule has 0 N–H and O–H groups in total. The summed E-state index contributed by atoms with van der Waals surface area (Å²) in [5.74, 6) is -1.11. The van der Waals surface area contributed by atoms with Gasteiger partial charge in [0.15, 0.2) is 15.0 Å². The van der Waals surface area contributed by atoms with E-state index < -0.39 is 21.5 Å². The van der Waals surface area contributed by atoms with Crippen LogP contribution in [-0.4, -0.2) is 25.1 Å². The van der Waals surface area contributed by atoms with Crippen LogP contribution in [0.2, 0.25) is 0 Å². The highest BCUT2D eigenvalue weighted by molar-refractivity contribution is 7.92. The molecule has 32 heavy (non-hydrogen) atoms. The second-order valence-electron chi connectivity index (χ2n) is 7.65. The molecule has 0 atom stereocenters. The lowest BCUT2D eigenvalue weighted by Gasteiger charge is -2.20. The summed E-state index contributed by atoms with van der Waals surface area (Å²) in [5.41, 5.74) is 3.83. The average Bonchev–Trinajstić information content (AvgIpc) is 3.22. The topological polar surface area (TPSA) is 67.3 Å². The van der Waals surface area contributed by atoms with Crippen LogP contribution in [0.15, 0.2) is 77.7 Å². The Morgan fingerprint density at radius 1 is 0.969 bits per heavy atom. The second-order valence-corrected chi connectivity index (χ2v) is 10.7. The molecule has 7 heteroatoms. The van der Waals surface area contributed by atoms with Crippen LogP contribution >= 0.6 is 11.3 Å². The van der Waals surface area contributed by atoms with Crippen molar-refractivity contribution in [3.63, 3.8) is 0 Å². The molecule has 0 fully saturated rings. The van der Waals surface area contributed by atoms with Gasteiger partial charge in [0.1, 0.15) is 5.75 Å². The van der Waals surface area contributed by atoms with Crippen LogP contribution in [0, 0.1) is 6.92 Å². The van der Waals surface area contributed by atoms with E-state index in [1.54, 1.807) is 24.3 Å². The van der Waals surface area contributed by atoms with Crippen molar-refractivity contribution in [2.45, 2.75) is 31.7 Å². The number of nitrogens with zero attached hydrogens (tertiary/aromatic N) is 2. The first kappa shape index (κ1) is 22.2. The number of aryl methyl sites for hydroxylation is 2. The van der Waals surface area contributed by atoms with Gasteiger partial charge in [-0.2, -0.15) is 0 Å². The molecule has 1 aromatic heterocycles. The summed E-state index contributed by atoms with van der Waals surface area (Å²) < 4.78 is 26.9. The average molecular weight is 465 g/mol. The molecule has 164 valence electrons. The molecule has 1 heterocycles. The number of fused-ring (bicyclic) bond motifs is 1. The Labute approximate surface area is 192 Å². The number of para-hydroxylation sites is 1. The summed E-state index contributed by atoms with van der Waals surface area (Å²) in [6, 6.07) is 22.1. The zero-order valence-electron chi connectivity index (χ0n) is 18.0. The molecule has 3 aromatic carbocycles. The predicted octanol–water partition coefficient (Wildman–Crippen LogP) is 5.17. The lowest BCUT2D eigenvalue weighted by atomic mass is 10.1. The first-order chi connectivity index (χ1) is 15.4. The smallest absolute Gasteiger partial charge is 0.244 e. The normalized spacial score (nSPS) is 11.6. The zero-order valence-corrected chi connectivity index (χ0v) is 19.6. The van der Waals surface area contributed by atoms with Crippen LogP contribution in [0.25, 0.3) is 10.2 Å². The Morgan fingerprint density at radius 3 is 2.38 bits per heavy atom. The quantitative estimate of drug-likeness (QED) is 0.378. The third-order valence-electron chi connectivity index (χ3n) is 5.28. The summed E-state index contributed by atoms with van der Waals surface area (Å²) in [6.07, 6.45) is 0.828. The number of benzene rings is 3. The maximum Gasteiger partial charge on any atom is 0.244 e. The minimum absolute atomic E-state index is 0.147. The molecule has 4 aromatic rings. The number of amides is 1. The molecule has 0 unspecified atom stereocenters. The molecule has 4 rings (SSSR count). The molecule has 0 aliphatic heterocycles. The highest BCUT2D eigenvalue weighted by Crippen LogP contribution is 2.32. The van der Waals surface area contributed by atoms with E-state index in [1.165, 1.54) is 16.2 Å². The summed E-state index contributed by atoms with van der Waals surface area (Å²) in [6.45, 7) is 4.21. The number of aromatic nitrogens is 1. The van der Waals surface area contributed by atoms with Crippen LogP contribution in [0.4, 0.5) is 5.13 Å². The standard InChI is InChI=1S/C25H24N2O3S2/c1-3-20-10-7-11-22-24(20)26-25(31-22)27(16-19-8-5-4-6-9-19)23(28)17-32(29,30)21-14-12-18(2)13-15-21/h4-15H,3,16-17H2,1-2H3. The summed E-state index contributed by atoms with van der Waals surface area (Å²) in [5, 5.41) is 0.508. The molecular weight excluding hydrogens is 440 g/mol. The Hall–Kier alpha value is -3.03. The number of anilines is 1. The van der Waals surface area contributed by atoms with Crippen molar-refractivity contribution < 1.29 is 13.2 Å². The van der Waals surface area contributed by atoms with Gasteiger partial charge in [-0.05, 0) is 42.7 Å². The van der Waals surface area contributed by atoms with Gasteiger partial charge in [0.05, 0.1) is 21.7 Å². The molecule has 0 spiro atoms. The SMILES string of the molecule is CCc1cccc2sc(N(Cc3ccccc3)C(=O)CS(=O)(=O)c3ccc(C)cc3)nc12.